The van der Waals surface area contributed by atoms with Crippen LogP contribution in [0.5, 0.6) is 0 Å². The molecule has 0 aliphatic carbocycles. The van der Waals surface area contributed by atoms with E-state index in [1.54, 1.807) is 0 Å². The molecular weight excluding hydrogens is 314 g/mol. The molecule has 1 atom stereocenters. The normalized spacial score (nSPS) is 12.9. The van der Waals surface area contributed by atoms with Crippen LogP contribution in [-0.2, 0) is 0 Å². The average molecular weight is 338 g/mol. The Morgan fingerprint density at radius 1 is 1.20 bits per heavy atom. The van der Waals surface area contributed by atoms with E-state index in [1.165, 1.54) is 37.5 Å². The summed E-state index contributed by atoms with van der Waals surface area (Å²) >= 11 is 3.55. The number of benzene rings is 1. The SMILES string of the molecule is CCCCCCCC(NC)c1cc2cccc(Br)c2o1. The lowest BCUT2D eigenvalue weighted by Gasteiger charge is -2.13. The maximum Gasteiger partial charge on any atom is 0.148 e. The van der Waals surface area contributed by atoms with Gasteiger partial charge < -0.3 is 9.73 Å². The number of rotatable bonds is 8. The molecule has 0 fully saturated rings. The number of fused-ring (bicyclic) bond motifs is 1. The highest BCUT2D eigenvalue weighted by Crippen LogP contribution is 2.31. The van der Waals surface area contributed by atoms with E-state index in [0.717, 1.165) is 22.2 Å². The van der Waals surface area contributed by atoms with Crippen LogP contribution in [0.3, 0.4) is 0 Å². The summed E-state index contributed by atoms with van der Waals surface area (Å²) in [5.41, 5.74) is 0.953. The van der Waals surface area contributed by atoms with Crippen LogP contribution in [0, 0.1) is 0 Å². The van der Waals surface area contributed by atoms with Gasteiger partial charge in [-0.15, -0.1) is 0 Å². The summed E-state index contributed by atoms with van der Waals surface area (Å²) in [5, 5.41) is 4.55. The minimum Gasteiger partial charge on any atom is -0.458 e. The van der Waals surface area contributed by atoms with Crippen LogP contribution in [0.1, 0.15) is 57.3 Å². The molecule has 0 aliphatic heterocycles. The highest BCUT2D eigenvalue weighted by Gasteiger charge is 2.15. The molecule has 1 aromatic carbocycles. The van der Waals surface area contributed by atoms with Gasteiger partial charge in [0.1, 0.15) is 11.3 Å². The molecule has 20 heavy (non-hydrogen) atoms. The highest BCUT2D eigenvalue weighted by atomic mass is 79.9. The molecule has 0 saturated carbocycles. The Kier molecular flexibility index (Phi) is 6.11. The standard InChI is InChI=1S/C17H24BrNO/c1-3-4-5-6-7-11-15(19-2)16-12-13-9-8-10-14(18)17(13)20-16/h8-10,12,15,19H,3-7,11H2,1-2H3. The molecule has 0 aliphatic rings. The Hall–Kier alpha value is -0.800. The van der Waals surface area contributed by atoms with Crippen molar-refractivity contribution in [3.05, 3.63) is 34.5 Å². The summed E-state index contributed by atoms with van der Waals surface area (Å²) in [4.78, 5) is 0. The van der Waals surface area contributed by atoms with Gasteiger partial charge in [-0.05, 0) is 41.5 Å². The third-order valence-corrected chi connectivity index (χ3v) is 4.43. The first-order valence-electron chi connectivity index (χ1n) is 7.61. The van der Waals surface area contributed by atoms with Crippen molar-refractivity contribution in [2.45, 2.75) is 51.5 Å². The smallest absolute Gasteiger partial charge is 0.148 e. The van der Waals surface area contributed by atoms with Gasteiger partial charge in [-0.2, -0.15) is 0 Å². The van der Waals surface area contributed by atoms with Crippen molar-refractivity contribution >= 4 is 26.9 Å². The molecule has 1 heterocycles. The van der Waals surface area contributed by atoms with Crippen LogP contribution in [0.25, 0.3) is 11.0 Å². The Morgan fingerprint density at radius 3 is 2.70 bits per heavy atom. The number of hydrogen-bond acceptors (Lipinski definition) is 2. The molecule has 0 bridgehead atoms. The molecular formula is C17H24BrNO. The second kappa shape index (κ2) is 7.84. The van der Waals surface area contributed by atoms with Crippen LogP contribution in [-0.4, -0.2) is 7.05 Å². The van der Waals surface area contributed by atoms with Gasteiger partial charge >= 0.3 is 0 Å². The molecule has 2 nitrogen and oxygen atoms in total. The minimum absolute atomic E-state index is 0.316. The van der Waals surface area contributed by atoms with Crippen LogP contribution in [0.15, 0.2) is 33.2 Å². The van der Waals surface area contributed by atoms with Crippen molar-refractivity contribution in [3.8, 4) is 0 Å². The quantitative estimate of drug-likeness (QED) is 0.614. The fourth-order valence-corrected chi connectivity index (χ4v) is 3.06. The zero-order valence-electron chi connectivity index (χ0n) is 12.4. The van der Waals surface area contributed by atoms with Crippen LogP contribution < -0.4 is 5.32 Å². The summed E-state index contributed by atoms with van der Waals surface area (Å²) < 4.78 is 7.05. The highest BCUT2D eigenvalue weighted by molar-refractivity contribution is 9.10. The Balaban J connectivity index is 2.00. The van der Waals surface area contributed by atoms with E-state index in [0.29, 0.717) is 6.04 Å². The third kappa shape index (κ3) is 3.86. The Bertz CT molecular complexity index is 535. The van der Waals surface area contributed by atoms with Crippen LogP contribution in [0.2, 0.25) is 0 Å². The predicted octanol–water partition coefficient (Wildman–Crippen LogP) is 5.82. The average Bonchev–Trinajstić information content (AvgIpc) is 2.88. The summed E-state index contributed by atoms with van der Waals surface area (Å²) in [5.74, 6) is 1.05. The van der Waals surface area contributed by atoms with Crippen molar-refractivity contribution in [1.29, 1.82) is 0 Å². The molecule has 1 N–H and O–H groups in total. The minimum atomic E-state index is 0.316. The van der Waals surface area contributed by atoms with Gasteiger partial charge in [-0.25, -0.2) is 0 Å². The molecule has 2 rings (SSSR count). The topological polar surface area (TPSA) is 25.2 Å². The largest absolute Gasteiger partial charge is 0.458 e. The number of nitrogens with one attached hydrogen (secondary N) is 1. The lowest BCUT2D eigenvalue weighted by molar-refractivity contribution is 0.416. The van der Waals surface area contributed by atoms with Gasteiger partial charge in [0.25, 0.3) is 0 Å². The van der Waals surface area contributed by atoms with Crippen molar-refractivity contribution < 1.29 is 4.42 Å². The number of halogens is 1. The van der Waals surface area contributed by atoms with Gasteiger partial charge in [-0.3, -0.25) is 0 Å². The molecule has 0 spiro atoms. The van der Waals surface area contributed by atoms with E-state index in [9.17, 15) is 0 Å². The molecule has 0 radical (unpaired) electrons. The van der Waals surface area contributed by atoms with E-state index in [2.05, 4.69) is 40.3 Å². The van der Waals surface area contributed by atoms with E-state index >= 15 is 0 Å². The van der Waals surface area contributed by atoms with Crippen molar-refractivity contribution in [1.82, 2.24) is 5.32 Å². The van der Waals surface area contributed by atoms with Crippen molar-refractivity contribution in [2.24, 2.45) is 0 Å². The molecule has 1 unspecified atom stereocenters. The first-order valence-corrected chi connectivity index (χ1v) is 8.40. The lowest BCUT2D eigenvalue weighted by atomic mass is 10.0. The monoisotopic (exact) mass is 337 g/mol. The fraction of sp³-hybridized carbons (Fsp3) is 0.529. The molecule has 110 valence electrons. The van der Waals surface area contributed by atoms with Gasteiger partial charge in [0.05, 0.1) is 10.5 Å². The second-order valence-corrected chi connectivity index (χ2v) is 6.21. The third-order valence-electron chi connectivity index (χ3n) is 3.80. The van der Waals surface area contributed by atoms with Gasteiger partial charge in [0, 0.05) is 5.39 Å². The molecule has 3 heteroatoms. The zero-order valence-corrected chi connectivity index (χ0v) is 14.0. The number of unbranched alkanes of at least 4 members (excludes halogenated alkanes) is 4. The maximum absolute atomic E-state index is 6.02. The fourth-order valence-electron chi connectivity index (χ4n) is 2.60. The second-order valence-electron chi connectivity index (χ2n) is 5.35. The Morgan fingerprint density at radius 2 is 2.00 bits per heavy atom. The first-order chi connectivity index (χ1) is 9.76. The molecule has 1 aromatic heterocycles. The zero-order chi connectivity index (χ0) is 14.4. The molecule has 2 aromatic rings. The number of para-hydroxylation sites is 1. The molecule has 0 saturated heterocycles. The van der Waals surface area contributed by atoms with E-state index in [4.69, 9.17) is 4.42 Å². The number of furan rings is 1. The summed E-state index contributed by atoms with van der Waals surface area (Å²) in [6.07, 6.45) is 7.70. The van der Waals surface area contributed by atoms with Crippen LogP contribution >= 0.6 is 15.9 Å². The molecule has 0 amide bonds. The summed E-state index contributed by atoms with van der Waals surface area (Å²) in [6.45, 7) is 2.25. The van der Waals surface area contributed by atoms with Crippen LogP contribution in [0.4, 0.5) is 0 Å². The van der Waals surface area contributed by atoms with E-state index < -0.39 is 0 Å². The van der Waals surface area contributed by atoms with Gasteiger partial charge in [0.2, 0.25) is 0 Å². The van der Waals surface area contributed by atoms with E-state index in [1.807, 2.05) is 19.2 Å². The first kappa shape index (κ1) is 15.6. The van der Waals surface area contributed by atoms with Crippen molar-refractivity contribution in [3.63, 3.8) is 0 Å². The van der Waals surface area contributed by atoms with Gasteiger partial charge in [-0.1, -0.05) is 51.2 Å². The predicted molar refractivity (Wildman–Crippen MR) is 89.1 cm³/mol. The van der Waals surface area contributed by atoms with Crippen molar-refractivity contribution in [2.75, 3.05) is 7.05 Å². The maximum atomic E-state index is 6.02. The van der Waals surface area contributed by atoms with E-state index in [-0.39, 0.29) is 0 Å². The number of hydrogen-bond donors (Lipinski definition) is 1. The Labute approximate surface area is 130 Å². The summed E-state index contributed by atoms with van der Waals surface area (Å²) in [6, 6.07) is 8.64. The lowest BCUT2D eigenvalue weighted by Crippen LogP contribution is -2.15. The summed E-state index contributed by atoms with van der Waals surface area (Å²) in [7, 11) is 2.01. The van der Waals surface area contributed by atoms with Gasteiger partial charge in [0.15, 0.2) is 0 Å².